The second-order valence-corrected chi connectivity index (χ2v) is 0.927. The highest BCUT2D eigenvalue weighted by Gasteiger charge is 1.79. The molecule has 0 aromatic rings. The summed E-state index contributed by atoms with van der Waals surface area (Å²) in [5.41, 5.74) is 0.134. The highest BCUT2D eigenvalue weighted by molar-refractivity contribution is 5.36. The summed E-state index contributed by atoms with van der Waals surface area (Å²) in [6, 6.07) is 0. The van der Waals surface area contributed by atoms with E-state index in [2.05, 4.69) is 11.6 Å². The quantitative estimate of drug-likeness (QED) is 0.386. The largest absolute Gasteiger partial charge is 0.390 e. The van der Waals surface area contributed by atoms with Gasteiger partial charge in [0.2, 0.25) is 6.08 Å². The monoisotopic (exact) mass is 99.0 g/mol. The number of aliphatic hydroxyl groups is 1. The van der Waals surface area contributed by atoms with Crippen LogP contribution in [0, 0.1) is 0 Å². The summed E-state index contributed by atoms with van der Waals surface area (Å²) in [5.74, 6) is 0. The Kier molecular flexibility index (Phi) is 2.85. The van der Waals surface area contributed by atoms with Gasteiger partial charge in [0.05, 0.1) is 12.3 Å². The van der Waals surface area contributed by atoms with E-state index in [-0.39, 0.29) is 12.3 Å². The predicted molar refractivity (Wildman–Crippen MR) is 24.3 cm³/mol. The molecule has 0 rings (SSSR count). The second kappa shape index (κ2) is 3.28. The van der Waals surface area contributed by atoms with Gasteiger partial charge in [-0.05, 0) is 0 Å². The molecule has 0 radical (unpaired) electrons. The lowest BCUT2D eigenvalue weighted by Crippen LogP contribution is -1.80. The van der Waals surface area contributed by atoms with E-state index in [0.717, 1.165) is 0 Å². The van der Waals surface area contributed by atoms with Crippen molar-refractivity contribution < 1.29 is 9.90 Å². The molecule has 0 saturated heterocycles. The molecule has 3 heteroatoms. The molecule has 0 fully saturated rings. The summed E-state index contributed by atoms with van der Waals surface area (Å²) in [6.07, 6.45) is 1.23. The molecular formula is C4H5NO2. The average molecular weight is 99.1 g/mol. The third kappa shape index (κ3) is 2.89. The normalized spacial score (nSPS) is 7.00. The zero-order valence-electron chi connectivity index (χ0n) is 3.72. The zero-order valence-corrected chi connectivity index (χ0v) is 3.72. The molecule has 7 heavy (non-hydrogen) atoms. The van der Waals surface area contributed by atoms with Crippen molar-refractivity contribution in [2.45, 2.75) is 0 Å². The third-order valence-corrected chi connectivity index (χ3v) is 0.386. The molecule has 0 unspecified atom stereocenters. The van der Waals surface area contributed by atoms with E-state index in [1.165, 1.54) is 6.08 Å². The Bertz CT molecular complexity index is 113. The third-order valence-electron chi connectivity index (χ3n) is 0.386. The van der Waals surface area contributed by atoms with Crippen LogP contribution in [0.1, 0.15) is 0 Å². The van der Waals surface area contributed by atoms with E-state index in [9.17, 15) is 4.79 Å². The van der Waals surface area contributed by atoms with E-state index in [4.69, 9.17) is 5.11 Å². The molecule has 0 bridgehead atoms. The van der Waals surface area contributed by atoms with Crippen LogP contribution in [0.3, 0.4) is 0 Å². The molecule has 0 spiro atoms. The lowest BCUT2D eigenvalue weighted by molar-refractivity contribution is 0.330. The molecule has 0 aliphatic heterocycles. The highest BCUT2D eigenvalue weighted by atomic mass is 16.3. The van der Waals surface area contributed by atoms with Crippen molar-refractivity contribution in [3.8, 4) is 0 Å². The highest BCUT2D eigenvalue weighted by Crippen LogP contribution is 1.83. The van der Waals surface area contributed by atoms with Crippen molar-refractivity contribution in [2.75, 3.05) is 6.61 Å². The van der Waals surface area contributed by atoms with Crippen LogP contribution in [-0.4, -0.2) is 17.8 Å². The molecule has 0 amide bonds. The van der Waals surface area contributed by atoms with Crippen LogP contribution in [0.4, 0.5) is 0 Å². The first kappa shape index (κ1) is 6.08. The van der Waals surface area contributed by atoms with Crippen LogP contribution in [0.5, 0.6) is 0 Å². The lowest BCUT2D eigenvalue weighted by Gasteiger charge is -1.80. The van der Waals surface area contributed by atoms with E-state index in [1.807, 2.05) is 0 Å². The summed E-state index contributed by atoms with van der Waals surface area (Å²) in [7, 11) is 0. The van der Waals surface area contributed by atoms with Gasteiger partial charge in [0, 0.05) is 0 Å². The number of rotatable bonds is 2. The van der Waals surface area contributed by atoms with Gasteiger partial charge in [-0.1, -0.05) is 6.58 Å². The molecule has 3 nitrogen and oxygen atoms in total. The Morgan fingerprint density at radius 2 is 2.57 bits per heavy atom. The van der Waals surface area contributed by atoms with Crippen molar-refractivity contribution in [2.24, 2.45) is 4.99 Å². The number of aliphatic hydroxyl groups excluding tert-OH is 1. The van der Waals surface area contributed by atoms with Crippen molar-refractivity contribution in [3.05, 3.63) is 12.3 Å². The zero-order chi connectivity index (χ0) is 5.70. The minimum atomic E-state index is -0.282. The minimum Gasteiger partial charge on any atom is -0.390 e. The topological polar surface area (TPSA) is 49.7 Å². The Morgan fingerprint density at radius 3 is 2.71 bits per heavy atom. The van der Waals surface area contributed by atoms with Crippen LogP contribution < -0.4 is 0 Å². The van der Waals surface area contributed by atoms with Crippen LogP contribution in [-0.2, 0) is 4.79 Å². The maximum Gasteiger partial charge on any atom is 0.240 e. The Labute approximate surface area is 41.0 Å². The molecule has 0 heterocycles. The number of hydrogen-bond acceptors (Lipinski definition) is 3. The minimum absolute atomic E-state index is 0.134. The van der Waals surface area contributed by atoms with Crippen molar-refractivity contribution >= 4 is 6.08 Å². The lowest BCUT2D eigenvalue weighted by atomic mass is 10.6. The van der Waals surface area contributed by atoms with Gasteiger partial charge >= 0.3 is 0 Å². The van der Waals surface area contributed by atoms with Crippen LogP contribution >= 0.6 is 0 Å². The number of isocyanates is 1. The van der Waals surface area contributed by atoms with Gasteiger partial charge in [0.1, 0.15) is 0 Å². The van der Waals surface area contributed by atoms with Gasteiger partial charge in [-0.25, -0.2) is 4.79 Å². The first-order valence-corrected chi connectivity index (χ1v) is 1.67. The van der Waals surface area contributed by atoms with Gasteiger partial charge in [0.25, 0.3) is 0 Å². The molecular weight excluding hydrogens is 94.0 g/mol. The fourth-order valence-corrected chi connectivity index (χ4v) is 0.0999. The van der Waals surface area contributed by atoms with Gasteiger partial charge in [-0.2, -0.15) is 4.99 Å². The van der Waals surface area contributed by atoms with E-state index >= 15 is 0 Å². The molecule has 0 saturated carbocycles. The molecule has 0 atom stereocenters. The van der Waals surface area contributed by atoms with Crippen LogP contribution in [0.15, 0.2) is 17.3 Å². The van der Waals surface area contributed by atoms with E-state index < -0.39 is 0 Å². The molecule has 0 aromatic heterocycles. The van der Waals surface area contributed by atoms with Crippen molar-refractivity contribution in [1.29, 1.82) is 0 Å². The van der Waals surface area contributed by atoms with Crippen molar-refractivity contribution in [3.63, 3.8) is 0 Å². The van der Waals surface area contributed by atoms with E-state index in [0.29, 0.717) is 0 Å². The number of aliphatic imine (C=N–C) groups is 1. The van der Waals surface area contributed by atoms with Gasteiger partial charge < -0.3 is 5.11 Å². The maximum atomic E-state index is 9.31. The van der Waals surface area contributed by atoms with Crippen LogP contribution in [0.2, 0.25) is 0 Å². The van der Waals surface area contributed by atoms with E-state index in [1.54, 1.807) is 0 Å². The Morgan fingerprint density at radius 1 is 2.00 bits per heavy atom. The Balaban J connectivity index is 3.58. The summed E-state index contributed by atoms with van der Waals surface area (Å²) < 4.78 is 0. The van der Waals surface area contributed by atoms with Gasteiger partial charge in [0.15, 0.2) is 0 Å². The molecule has 1 N–H and O–H groups in total. The summed E-state index contributed by atoms with van der Waals surface area (Å²) in [6.45, 7) is 2.90. The standard InChI is InChI=1S/C4H5NO2/c1-4(2-6)5-3-7/h6H,1-2H2. The molecule has 0 aromatic carbocycles. The predicted octanol–water partition coefficient (Wildman–Crippen LogP) is -0.172. The van der Waals surface area contributed by atoms with Gasteiger partial charge in [-0.15, -0.1) is 0 Å². The number of carbonyl (C=O) groups excluding carboxylic acids is 1. The fraction of sp³-hybridized carbons (Fsp3) is 0.250. The first-order chi connectivity index (χ1) is 3.31. The number of nitrogens with zero attached hydrogens (tertiary/aromatic N) is 1. The molecule has 0 aliphatic carbocycles. The number of hydrogen-bond donors (Lipinski definition) is 1. The molecule has 0 aliphatic rings. The Hall–Kier alpha value is -0.920. The van der Waals surface area contributed by atoms with Gasteiger partial charge in [-0.3, -0.25) is 0 Å². The smallest absolute Gasteiger partial charge is 0.240 e. The average Bonchev–Trinajstić information content (AvgIpc) is 1.68. The second-order valence-electron chi connectivity index (χ2n) is 0.927. The van der Waals surface area contributed by atoms with Crippen LogP contribution in [0.25, 0.3) is 0 Å². The fourth-order valence-electron chi connectivity index (χ4n) is 0.0999. The SMILES string of the molecule is C=C(CO)N=C=O. The molecule has 38 valence electrons. The maximum absolute atomic E-state index is 9.31. The summed E-state index contributed by atoms with van der Waals surface area (Å²) in [4.78, 5) is 12.3. The van der Waals surface area contributed by atoms with Crippen molar-refractivity contribution in [1.82, 2.24) is 0 Å². The first-order valence-electron chi connectivity index (χ1n) is 1.67. The summed E-state index contributed by atoms with van der Waals surface area (Å²) in [5, 5.41) is 8.09. The summed E-state index contributed by atoms with van der Waals surface area (Å²) >= 11 is 0.